The van der Waals surface area contributed by atoms with Crippen molar-refractivity contribution in [3.63, 3.8) is 0 Å². The fourth-order valence-corrected chi connectivity index (χ4v) is 2.48. The van der Waals surface area contributed by atoms with Gasteiger partial charge in [0.2, 0.25) is 0 Å². The van der Waals surface area contributed by atoms with Gasteiger partial charge in [-0.25, -0.2) is 0 Å². The minimum absolute atomic E-state index is 0.710. The van der Waals surface area contributed by atoms with E-state index in [0.29, 0.717) is 6.04 Å². The van der Waals surface area contributed by atoms with Crippen molar-refractivity contribution in [1.82, 2.24) is 5.32 Å². The maximum atomic E-state index is 6.03. The van der Waals surface area contributed by atoms with Crippen molar-refractivity contribution in [1.29, 1.82) is 0 Å². The van der Waals surface area contributed by atoms with E-state index in [1.54, 1.807) is 0 Å². The average molecular weight is 379 g/mol. The van der Waals surface area contributed by atoms with E-state index in [4.69, 9.17) is 4.74 Å². The van der Waals surface area contributed by atoms with Gasteiger partial charge >= 0.3 is 0 Å². The summed E-state index contributed by atoms with van der Waals surface area (Å²) in [5.41, 5.74) is 2.50. The minimum atomic E-state index is 0.710. The zero-order valence-corrected chi connectivity index (χ0v) is 13.7. The van der Waals surface area contributed by atoms with Gasteiger partial charge in [-0.3, -0.25) is 0 Å². The van der Waals surface area contributed by atoms with Crippen molar-refractivity contribution in [3.8, 4) is 11.5 Å². The number of benzene rings is 2. The van der Waals surface area contributed by atoms with E-state index >= 15 is 0 Å². The van der Waals surface area contributed by atoms with E-state index in [2.05, 4.69) is 65.2 Å². The Morgan fingerprint density at radius 2 is 1.90 bits per heavy atom. The summed E-state index contributed by atoms with van der Waals surface area (Å²) in [7, 11) is 0. The molecule has 0 heterocycles. The Kier molecular flexibility index (Phi) is 4.27. The molecule has 2 aromatic rings. The summed E-state index contributed by atoms with van der Waals surface area (Å²) in [6.45, 7) is 3.00. The van der Waals surface area contributed by atoms with Gasteiger partial charge in [0.25, 0.3) is 0 Å². The van der Waals surface area contributed by atoms with Crippen molar-refractivity contribution in [2.45, 2.75) is 32.4 Å². The zero-order valence-electron chi connectivity index (χ0n) is 11.5. The van der Waals surface area contributed by atoms with Gasteiger partial charge < -0.3 is 10.1 Å². The molecule has 0 radical (unpaired) electrons. The topological polar surface area (TPSA) is 21.3 Å². The molecule has 0 aliphatic heterocycles. The van der Waals surface area contributed by atoms with Gasteiger partial charge in [0.05, 0.1) is 0 Å². The van der Waals surface area contributed by atoms with Crippen LogP contribution in [-0.2, 0) is 6.54 Å². The lowest BCUT2D eigenvalue weighted by Crippen LogP contribution is -2.15. The van der Waals surface area contributed by atoms with Crippen molar-refractivity contribution in [2.75, 3.05) is 0 Å². The largest absolute Gasteiger partial charge is 0.457 e. The molecule has 1 N–H and O–H groups in total. The molecular formula is C17H18INO. The second kappa shape index (κ2) is 6.14. The van der Waals surface area contributed by atoms with Crippen LogP contribution in [0.5, 0.6) is 11.5 Å². The molecule has 20 heavy (non-hydrogen) atoms. The van der Waals surface area contributed by atoms with Crippen molar-refractivity contribution >= 4 is 22.6 Å². The highest BCUT2D eigenvalue weighted by molar-refractivity contribution is 14.1. The summed E-state index contributed by atoms with van der Waals surface area (Å²) in [5.74, 6) is 1.84. The van der Waals surface area contributed by atoms with Crippen LogP contribution in [0.15, 0.2) is 42.5 Å². The van der Waals surface area contributed by atoms with Crippen LogP contribution in [0.1, 0.15) is 24.0 Å². The second-order valence-corrected chi connectivity index (χ2v) is 6.57. The number of hydrogen-bond donors (Lipinski definition) is 1. The van der Waals surface area contributed by atoms with E-state index in [9.17, 15) is 0 Å². The van der Waals surface area contributed by atoms with Gasteiger partial charge in [-0.05, 0) is 72.7 Å². The average Bonchev–Trinajstić information content (AvgIpc) is 3.25. The molecule has 0 atom stereocenters. The van der Waals surface area contributed by atoms with E-state index in [0.717, 1.165) is 18.0 Å². The van der Waals surface area contributed by atoms with Crippen LogP contribution >= 0.6 is 22.6 Å². The summed E-state index contributed by atoms with van der Waals surface area (Å²) < 4.78 is 7.25. The first-order chi connectivity index (χ1) is 9.70. The third-order valence-corrected chi connectivity index (χ3v) is 4.14. The van der Waals surface area contributed by atoms with Crippen molar-refractivity contribution < 1.29 is 4.74 Å². The molecule has 2 aromatic carbocycles. The third-order valence-electron chi connectivity index (χ3n) is 3.42. The van der Waals surface area contributed by atoms with Crippen LogP contribution in [0.25, 0.3) is 0 Å². The molecule has 1 aliphatic carbocycles. The summed E-state index contributed by atoms with van der Waals surface area (Å²) in [6, 6.07) is 15.2. The first kappa shape index (κ1) is 13.9. The summed E-state index contributed by atoms with van der Waals surface area (Å²) >= 11 is 2.30. The molecule has 0 amide bonds. The Bertz CT molecular complexity index is 590. The Morgan fingerprint density at radius 3 is 2.60 bits per heavy atom. The molecule has 104 valence electrons. The summed E-state index contributed by atoms with van der Waals surface area (Å²) in [6.07, 6.45) is 2.61. The van der Waals surface area contributed by atoms with Gasteiger partial charge in [0.15, 0.2) is 0 Å². The molecule has 0 saturated heterocycles. The molecule has 2 nitrogen and oxygen atoms in total. The van der Waals surface area contributed by atoms with Gasteiger partial charge in [-0.1, -0.05) is 17.7 Å². The number of aryl methyl sites for hydroxylation is 1. The minimum Gasteiger partial charge on any atom is -0.457 e. The third kappa shape index (κ3) is 3.73. The molecule has 0 unspecified atom stereocenters. The predicted octanol–water partition coefficient (Wildman–Crippen LogP) is 4.64. The smallest absolute Gasteiger partial charge is 0.131 e. The van der Waals surface area contributed by atoms with Gasteiger partial charge in [0.1, 0.15) is 11.5 Å². The molecule has 1 saturated carbocycles. The molecule has 0 bridgehead atoms. The van der Waals surface area contributed by atoms with Crippen molar-refractivity contribution in [2.24, 2.45) is 0 Å². The van der Waals surface area contributed by atoms with E-state index in [-0.39, 0.29) is 0 Å². The normalized spacial score (nSPS) is 14.3. The fourth-order valence-electron chi connectivity index (χ4n) is 2.12. The van der Waals surface area contributed by atoms with Crippen LogP contribution in [0.3, 0.4) is 0 Å². The lowest BCUT2D eigenvalue weighted by Gasteiger charge is -2.13. The number of ether oxygens (including phenoxy) is 1. The van der Waals surface area contributed by atoms with Gasteiger partial charge in [-0.15, -0.1) is 0 Å². The molecule has 1 fully saturated rings. The van der Waals surface area contributed by atoms with Crippen LogP contribution in [-0.4, -0.2) is 6.04 Å². The summed E-state index contributed by atoms with van der Waals surface area (Å²) in [5, 5.41) is 3.55. The zero-order chi connectivity index (χ0) is 13.9. The highest BCUT2D eigenvalue weighted by atomic mass is 127. The molecule has 3 heteroatoms. The Balaban J connectivity index is 1.77. The molecule has 0 spiro atoms. The van der Waals surface area contributed by atoms with Crippen LogP contribution in [0, 0.1) is 10.5 Å². The quantitative estimate of drug-likeness (QED) is 0.764. The lowest BCUT2D eigenvalue weighted by molar-refractivity contribution is 0.472. The summed E-state index contributed by atoms with van der Waals surface area (Å²) in [4.78, 5) is 0. The number of rotatable bonds is 5. The fraction of sp³-hybridized carbons (Fsp3) is 0.294. The molecular weight excluding hydrogens is 361 g/mol. The van der Waals surface area contributed by atoms with Crippen molar-refractivity contribution in [3.05, 3.63) is 57.2 Å². The number of nitrogens with one attached hydrogen (secondary N) is 1. The Labute approximate surface area is 133 Å². The van der Waals surface area contributed by atoms with Gasteiger partial charge in [-0.2, -0.15) is 0 Å². The monoisotopic (exact) mass is 379 g/mol. The number of hydrogen-bond acceptors (Lipinski definition) is 2. The maximum absolute atomic E-state index is 6.03. The highest BCUT2D eigenvalue weighted by Crippen LogP contribution is 2.28. The number of halogens is 1. The van der Waals surface area contributed by atoms with E-state index in [1.165, 1.54) is 27.5 Å². The van der Waals surface area contributed by atoms with Crippen LogP contribution in [0.2, 0.25) is 0 Å². The first-order valence-corrected chi connectivity index (χ1v) is 8.05. The lowest BCUT2D eigenvalue weighted by atomic mass is 10.1. The van der Waals surface area contributed by atoms with E-state index in [1.807, 2.05) is 12.1 Å². The first-order valence-electron chi connectivity index (χ1n) is 6.97. The molecule has 0 aromatic heterocycles. The Morgan fingerprint density at radius 1 is 1.15 bits per heavy atom. The van der Waals surface area contributed by atoms with E-state index < -0.39 is 0 Å². The highest BCUT2D eigenvalue weighted by Gasteiger charge is 2.20. The predicted molar refractivity (Wildman–Crippen MR) is 90.3 cm³/mol. The maximum Gasteiger partial charge on any atom is 0.131 e. The Hall–Kier alpha value is -1.07. The van der Waals surface area contributed by atoms with Crippen LogP contribution in [0.4, 0.5) is 0 Å². The second-order valence-electron chi connectivity index (χ2n) is 5.32. The molecule has 1 aliphatic rings. The standard InChI is InChI=1S/C17H18INO/c1-12-2-9-17(13(10-12)11-19-15-5-6-15)20-16-7-3-14(18)4-8-16/h2-4,7-10,15,19H,5-6,11H2,1H3. The molecule has 3 rings (SSSR count). The SMILES string of the molecule is Cc1ccc(Oc2ccc(I)cc2)c(CNC2CC2)c1. The van der Waals surface area contributed by atoms with Gasteiger partial charge in [0, 0.05) is 21.7 Å². The van der Waals surface area contributed by atoms with Crippen LogP contribution < -0.4 is 10.1 Å².